The van der Waals surface area contributed by atoms with Gasteiger partial charge in [0.05, 0.1) is 19.8 Å². The standard InChI is InChI=1S/C12H19N3O3S2/c1-3-4-5-6-13-11(16)9-17-7-8-18-12-15-14-10(2)19-20-12/h10,12H,3,6-9H2,1-2H3,(H,13,16). The van der Waals surface area contributed by atoms with Gasteiger partial charge in [-0.05, 0) is 17.7 Å². The summed E-state index contributed by atoms with van der Waals surface area (Å²) in [6, 6.07) is 0. The Morgan fingerprint density at radius 2 is 2.15 bits per heavy atom. The van der Waals surface area contributed by atoms with E-state index in [0.29, 0.717) is 19.8 Å². The molecule has 0 aliphatic carbocycles. The van der Waals surface area contributed by atoms with Crippen molar-refractivity contribution in [1.82, 2.24) is 5.32 Å². The van der Waals surface area contributed by atoms with Crippen LogP contribution in [0.3, 0.4) is 0 Å². The minimum atomic E-state index is -0.280. The lowest BCUT2D eigenvalue weighted by Gasteiger charge is -2.17. The second kappa shape index (κ2) is 11.0. The number of azo groups is 1. The molecule has 1 aliphatic heterocycles. The van der Waals surface area contributed by atoms with E-state index in [4.69, 9.17) is 9.47 Å². The average Bonchev–Trinajstić information content (AvgIpc) is 2.45. The van der Waals surface area contributed by atoms with Crippen molar-refractivity contribution in [3.8, 4) is 11.8 Å². The van der Waals surface area contributed by atoms with E-state index in [1.54, 1.807) is 10.8 Å². The molecule has 0 aromatic heterocycles. The van der Waals surface area contributed by atoms with Gasteiger partial charge in [0.15, 0.2) is 0 Å². The van der Waals surface area contributed by atoms with E-state index in [1.165, 1.54) is 10.8 Å². The zero-order chi connectivity index (χ0) is 14.6. The van der Waals surface area contributed by atoms with Crippen molar-refractivity contribution in [1.29, 1.82) is 0 Å². The first-order valence-corrected chi connectivity index (χ1v) is 8.64. The van der Waals surface area contributed by atoms with Crippen LogP contribution in [0.15, 0.2) is 10.2 Å². The summed E-state index contributed by atoms with van der Waals surface area (Å²) in [6.07, 6.45) is 0.789. The molecular formula is C12H19N3O3S2. The van der Waals surface area contributed by atoms with E-state index < -0.39 is 0 Å². The molecule has 1 amide bonds. The Kier molecular flexibility index (Phi) is 9.49. The maximum atomic E-state index is 11.3. The van der Waals surface area contributed by atoms with E-state index in [-0.39, 0.29) is 23.4 Å². The zero-order valence-corrected chi connectivity index (χ0v) is 13.3. The fraction of sp³-hybridized carbons (Fsp3) is 0.750. The number of carbonyl (C=O) groups is 1. The van der Waals surface area contributed by atoms with Gasteiger partial charge in [0, 0.05) is 6.42 Å². The molecule has 0 saturated heterocycles. The molecule has 1 rings (SSSR count). The van der Waals surface area contributed by atoms with Gasteiger partial charge in [0.2, 0.25) is 11.5 Å². The molecule has 2 unspecified atom stereocenters. The molecule has 20 heavy (non-hydrogen) atoms. The predicted octanol–water partition coefficient (Wildman–Crippen LogP) is 2.03. The monoisotopic (exact) mass is 317 g/mol. The molecule has 8 heteroatoms. The SMILES string of the molecule is CCC#CCNC(=O)COCCOC1N=NC(C)SS1. The number of hydrogen-bond donors (Lipinski definition) is 1. The van der Waals surface area contributed by atoms with Crippen LogP contribution in [0, 0.1) is 11.8 Å². The summed E-state index contributed by atoms with van der Waals surface area (Å²) in [4.78, 5) is 11.3. The maximum Gasteiger partial charge on any atom is 0.246 e. The highest BCUT2D eigenvalue weighted by Gasteiger charge is 2.16. The molecule has 1 heterocycles. The van der Waals surface area contributed by atoms with Crippen LogP contribution in [0.1, 0.15) is 20.3 Å². The molecular weight excluding hydrogens is 298 g/mol. The van der Waals surface area contributed by atoms with Gasteiger partial charge in [0.1, 0.15) is 12.0 Å². The fourth-order valence-electron chi connectivity index (χ4n) is 1.13. The predicted molar refractivity (Wildman–Crippen MR) is 81.1 cm³/mol. The summed E-state index contributed by atoms with van der Waals surface area (Å²) in [5.41, 5.74) is -0.280. The Hall–Kier alpha value is -0.750. The van der Waals surface area contributed by atoms with Gasteiger partial charge in [-0.2, -0.15) is 5.11 Å². The highest BCUT2D eigenvalue weighted by molar-refractivity contribution is 8.77. The van der Waals surface area contributed by atoms with Gasteiger partial charge in [-0.1, -0.05) is 23.6 Å². The molecule has 0 saturated carbocycles. The Morgan fingerprint density at radius 1 is 1.30 bits per heavy atom. The number of carbonyl (C=O) groups excluding carboxylic acids is 1. The third kappa shape index (κ3) is 8.43. The first-order chi connectivity index (χ1) is 9.72. The van der Waals surface area contributed by atoms with Gasteiger partial charge in [0.25, 0.3) is 0 Å². The van der Waals surface area contributed by atoms with E-state index in [2.05, 4.69) is 27.4 Å². The van der Waals surface area contributed by atoms with Gasteiger partial charge in [-0.3, -0.25) is 4.79 Å². The molecule has 2 atom stereocenters. The summed E-state index contributed by atoms with van der Waals surface area (Å²) in [6.45, 7) is 5.05. The third-order valence-electron chi connectivity index (χ3n) is 2.00. The van der Waals surface area contributed by atoms with Crippen molar-refractivity contribution in [3.05, 3.63) is 0 Å². The van der Waals surface area contributed by atoms with Crippen LogP contribution in [0.25, 0.3) is 0 Å². The molecule has 0 aromatic carbocycles. The lowest BCUT2D eigenvalue weighted by molar-refractivity contribution is -0.126. The summed E-state index contributed by atoms with van der Waals surface area (Å²) in [5.74, 6) is 5.52. The van der Waals surface area contributed by atoms with Crippen molar-refractivity contribution < 1.29 is 14.3 Å². The summed E-state index contributed by atoms with van der Waals surface area (Å²) >= 11 is 0. The molecule has 6 nitrogen and oxygen atoms in total. The number of nitrogens with zero attached hydrogens (tertiary/aromatic N) is 2. The quantitative estimate of drug-likeness (QED) is 0.442. The maximum absolute atomic E-state index is 11.3. The van der Waals surface area contributed by atoms with Gasteiger partial charge in [-0.25, -0.2) is 0 Å². The van der Waals surface area contributed by atoms with Crippen LogP contribution in [-0.4, -0.2) is 43.2 Å². The second-order valence-corrected chi connectivity index (χ2v) is 6.36. The number of nitrogens with one attached hydrogen (secondary N) is 1. The number of ether oxygens (including phenoxy) is 2. The van der Waals surface area contributed by atoms with Gasteiger partial charge < -0.3 is 14.8 Å². The zero-order valence-electron chi connectivity index (χ0n) is 11.6. The van der Waals surface area contributed by atoms with Gasteiger partial charge in [-0.15, -0.1) is 11.0 Å². The van der Waals surface area contributed by atoms with Crippen molar-refractivity contribution in [2.24, 2.45) is 10.2 Å². The molecule has 0 fully saturated rings. The Morgan fingerprint density at radius 3 is 2.85 bits per heavy atom. The van der Waals surface area contributed by atoms with Crippen LogP contribution < -0.4 is 5.32 Å². The Labute approximate surface area is 127 Å². The smallest absolute Gasteiger partial charge is 0.246 e. The minimum absolute atomic E-state index is 0.0161. The van der Waals surface area contributed by atoms with Crippen molar-refractivity contribution in [2.75, 3.05) is 26.4 Å². The Bertz CT molecular complexity index is 382. The summed E-state index contributed by atoms with van der Waals surface area (Å²) in [7, 11) is 3.16. The highest BCUT2D eigenvalue weighted by Crippen LogP contribution is 2.37. The largest absolute Gasteiger partial charge is 0.369 e. The summed E-state index contributed by atoms with van der Waals surface area (Å²) < 4.78 is 10.6. The lowest BCUT2D eigenvalue weighted by atomic mass is 10.4. The summed E-state index contributed by atoms with van der Waals surface area (Å²) in [5, 5.41) is 10.8. The first kappa shape index (κ1) is 17.3. The van der Waals surface area contributed by atoms with Crippen molar-refractivity contribution >= 4 is 27.5 Å². The fourth-order valence-corrected chi connectivity index (χ4v) is 2.89. The number of rotatable bonds is 7. The van der Waals surface area contributed by atoms with E-state index >= 15 is 0 Å². The minimum Gasteiger partial charge on any atom is -0.369 e. The molecule has 0 spiro atoms. The number of hydrogen-bond acceptors (Lipinski definition) is 7. The second-order valence-electron chi connectivity index (χ2n) is 3.74. The van der Waals surface area contributed by atoms with E-state index in [9.17, 15) is 4.79 Å². The van der Waals surface area contributed by atoms with Crippen LogP contribution in [0.2, 0.25) is 0 Å². The topological polar surface area (TPSA) is 72.3 Å². The first-order valence-electron chi connectivity index (χ1n) is 6.36. The highest BCUT2D eigenvalue weighted by atomic mass is 33.1. The van der Waals surface area contributed by atoms with Crippen LogP contribution in [-0.2, 0) is 14.3 Å². The third-order valence-corrected chi connectivity index (χ3v) is 4.54. The van der Waals surface area contributed by atoms with Gasteiger partial charge >= 0.3 is 0 Å². The lowest BCUT2D eigenvalue weighted by Crippen LogP contribution is -2.28. The molecule has 1 N–H and O–H groups in total. The van der Waals surface area contributed by atoms with Crippen molar-refractivity contribution in [3.63, 3.8) is 0 Å². The Balaban J connectivity index is 1.96. The molecule has 1 aliphatic rings. The van der Waals surface area contributed by atoms with Crippen LogP contribution in [0.4, 0.5) is 0 Å². The molecule has 0 radical (unpaired) electrons. The van der Waals surface area contributed by atoms with E-state index in [1.807, 2.05) is 13.8 Å². The molecule has 0 bridgehead atoms. The molecule has 0 aromatic rings. The average molecular weight is 317 g/mol. The normalized spacial score (nSPS) is 21.1. The van der Waals surface area contributed by atoms with Crippen molar-refractivity contribution in [2.45, 2.75) is 31.2 Å². The number of amides is 1. The van der Waals surface area contributed by atoms with Crippen LogP contribution in [0.5, 0.6) is 0 Å². The molecule has 112 valence electrons. The van der Waals surface area contributed by atoms with E-state index in [0.717, 1.165) is 6.42 Å². The van der Waals surface area contributed by atoms with Crippen LogP contribution >= 0.6 is 21.6 Å².